The number of benzene rings is 2. The highest BCUT2D eigenvalue weighted by Gasteiger charge is 2.08. The number of hydrogen-bond acceptors (Lipinski definition) is 1. The van der Waals surface area contributed by atoms with Gasteiger partial charge in [-0.3, -0.25) is 4.79 Å². The van der Waals surface area contributed by atoms with Gasteiger partial charge in [0.05, 0.1) is 0 Å². The smallest absolute Gasteiger partial charge is 0.137 e. The van der Waals surface area contributed by atoms with E-state index in [9.17, 15) is 4.79 Å². The van der Waals surface area contributed by atoms with Crippen LogP contribution >= 0.6 is 23.2 Å². The van der Waals surface area contributed by atoms with Crippen molar-refractivity contribution in [2.24, 2.45) is 0 Å². The summed E-state index contributed by atoms with van der Waals surface area (Å²) in [4.78, 5) is 12.0. The fraction of sp³-hybridized carbons (Fsp3) is 0.235. The standard InChI is InChI=1S/C17H16Cl2O/c1-12-3-2-4-13(9-12)5-8-16(20)10-14-6-7-15(18)11-17(14)19/h2-4,6-7,9,11H,5,8,10H2,1H3. The topological polar surface area (TPSA) is 17.1 Å². The number of rotatable bonds is 5. The Morgan fingerprint density at radius 3 is 2.60 bits per heavy atom. The lowest BCUT2D eigenvalue weighted by Gasteiger charge is -2.05. The molecule has 0 amide bonds. The molecular formula is C17H16Cl2O. The summed E-state index contributed by atoms with van der Waals surface area (Å²) in [6.45, 7) is 2.05. The first-order valence-corrected chi connectivity index (χ1v) is 7.31. The van der Waals surface area contributed by atoms with E-state index in [0.717, 1.165) is 12.0 Å². The average molecular weight is 307 g/mol. The van der Waals surface area contributed by atoms with Gasteiger partial charge in [-0.2, -0.15) is 0 Å². The van der Waals surface area contributed by atoms with Gasteiger partial charge in [0, 0.05) is 22.9 Å². The van der Waals surface area contributed by atoms with E-state index in [-0.39, 0.29) is 5.78 Å². The van der Waals surface area contributed by atoms with E-state index in [1.54, 1.807) is 12.1 Å². The predicted molar refractivity (Wildman–Crippen MR) is 84.7 cm³/mol. The quantitative estimate of drug-likeness (QED) is 0.755. The van der Waals surface area contributed by atoms with Gasteiger partial charge in [-0.25, -0.2) is 0 Å². The molecule has 0 aliphatic heterocycles. The second-order valence-corrected chi connectivity index (χ2v) is 5.78. The van der Waals surface area contributed by atoms with Crippen molar-refractivity contribution in [1.82, 2.24) is 0 Å². The molecule has 0 radical (unpaired) electrons. The van der Waals surface area contributed by atoms with Crippen LogP contribution in [-0.2, 0) is 17.6 Å². The van der Waals surface area contributed by atoms with Crippen molar-refractivity contribution >= 4 is 29.0 Å². The Bertz CT molecular complexity index is 620. The summed E-state index contributed by atoms with van der Waals surface area (Å²) in [5.74, 6) is 0.190. The Hall–Kier alpha value is -1.31. The molecule has 2 rings (SSSR count). The number of carbonyl (C=O) groups is 1. The summed E-state index contributed by atoms with van der Waals surface area (Å²) < 4.78 is 0. The second kappa shape index (κ2) is 6.92. The molecule has 0 aliphatic rings. The van der Waals surface area contributed by atoms with Crippen molar-refractivity contribution in [2.75, 3.05) is 0 Å². The van der Waals surface area contributed by atoms with E-state index >= 15 is 0 Å². The molecule has 0 spiro atoms. The van der Waals surface area contributed by atoms with E-state index in [4.69, 9.17) is 23.2 Å². The molecule has 104 valence electrons. The third-order valence-corrected chi connectivity index (χ3v) is 3.76. The van der Waals surface area contributed by atoms with Gasteiger partial charge in [-0.15, -0.1) is 0 Å². The van der Waals surface area contributed by atoms with Crippen molar-refractivity contribution in [3.05, 3.63) is 69.2 Å². The molecular weight excluding hydrogens is 291 g/mol. The van der Waals surface area contributed by atoms with Gasteiger partial charge in [-0.1, -0.05) is 59.1 Å². The molecule has 0 bridgehead atoms. The fourth-order valence-corrected chi connectivity index (χ4v) is 2.59. The maximum absolute atomic E-state index is 12.0. The first-order chi connectivity index (χ1) is 9.54. The number of carbonyl (C=O) groups excluding carboxylic acids is 1. The van der Waals surface area contributed by atoms with Crippen LogP contribution < -0.4 is 0 Å². The lowest BCUT2D eigenvalue weighted by Crippen LogP contribution is -2.05. The predicted octanol–water partition coefficient (Wildman–Crippen LogP) is 5.05. The zero-order chi connectivity index (χ0) is 14.5. The summed E-state index contributed by atoms with van der Waals surface area (Å²) in [5, 5.41) is 1.15. The maximum Gasteiger partial charge on any atom is 0.137 e. The molecule has 0 saturated carbocycles. The third-order valence-electron chi connectivity index (χ3n) is 3.18. The molecule has 0 saturated heterocycles. The van der Waals surface area contributed by atoms with Crippen molar-refractivity contribution in [3.63, 3.8) is 0 Å². The maximum atomic E-state index is 12.0. The second-order valence-electron chi connectivity index (χ2n) is 4.94. The Kier molecular flexibility index (Phi) is 5.22. The summed E-state index contributed by atoms with van der Waals surface area (Å²) in [6.07, 6.45) is 1.66. The Balaban J connectivity index is 1.92. The van der Waals surface area contributed by atoms with Gasteiger partial charge < -0.3 is 0 Å². The lowest BCUT2D eigenvalue weighted by molar-refractivity contribution is -0.118. The van der Waals surface area contributed by atoms with Crippen LogP contribution in [0.3, 0.4) is 0 Å². The van der Waals surface area contributed by atoms with E-state index in [1.165, 1.54) is 11.1 Å². The fourth-order valence-electron chi connectivity index (χ4n) is 2.12. The first-order valence-electron chi connectivity index (χ1n) is 6.56. The van der Waals surface area contributed by atoms with Crippen molar-refractivity contribution in [2.45, 2.75) is 26.2 Å². The minimum absolute atomic E-state index is 0.190. The zero-order valence-corrected chi connectivity index (χ0v) is 12.8. The molecule has 0 aliphatic carbocycles. The minimum atomic E-state index is 0.190. The molecule has 3 heteroatoms. The highest BCUT2D eigenvalue weighted by molar-refractivity contribution is 6.35. The average Bonchev–Trinajstić information content (AvgIpc) is 2.40. The first kappa shape index (κ1) is 15.1. The SMILES string of the molecule is Cc1cccc(CCC(=O)Cc2ccc(Cl)cc2Cl)c1. The molecule has 0 fully saturated rings. The van der Waals surface area contributed by atoms with Crippen molar-refractivity contribution < 1.29 is 4.79 Å². The number of ketones is 1. The normalized spacial score (nSPS) is 10.6. The monoisotopic (exact) mass is 306 g/mol. The van der Waals surface area contributed by atoms with E-state index in [2.05, 4.69) is 25.1 Å². The number of hydrogen-bond donors (Lipinski definition) is 0. The lowest BCUT2D eigenvalue weighted by atomic mass is 10.0. The van der Waals surface area contributed by atoms with Crippen LogP contribution in [0.5, 0.6) is 0 Å². The molecule has 1 nitrogen and oxygen atoms in total. The molecule has 2 aromatic carbocycles. The van der Waals surface area contributed by atoms with Crippen molar-refractivity contribution in [3.8, 4) is 0 Å². The van der Waals surface area contributed by atoms with Gasteiger partial charge in [0.1, 0.15) is 5.78 Å². The van der Waals surface area contributed by atoms with Crippen LogP contribution in [0.1, 0.15) is 23.1 Å². The Morgan fingerprint density at radius 2 is 1.90 bits per heavy atom. The number of halogens is 2. The number of Topliss-reactive ketones (excluding diaryl/α,β-unsaturated/α-hetero) is 1. The number of aryl methyl sites for hydroxylation is 2. The van der Waals surface area contributed by atoms with Crippen LogP contribution in [0, 0.1) is 6.92 Å². The van der Waals surface area contributed by atoms with Crippen LogP contribution in [-0.4, -0.2) is 5.78 Å². The highest BCUT2D eigenvalue weighted by Crippen LogP contribution is 2.22. The van der Waals surface area contributed by atoms with Crippen LogP contribution in [0.4, 0.5) is 0 Å². The largest absolute Gasteiger partial charge is 0.299 e. The molecule has 20 heavy (non-hydrogen) atoms. The molecule has 2 aromatic rings. The minimum Gasteiger partial charge on any atom is -0.299 e. The van der Waals surface area contributed by atoms with Gasteiger partial charge in [0.25, 0.3) is 0 Å². The Labute approximate surface area is 129 Å². The van der Waals surface area contributed by atoms with E-state index < -0.39 is 0 Å². The summed E-state index contributed by atoms with van der Waals surface area (Å²) in [6, 6.07) is 13.5. The molecule has 0 unspecified atom stereocenters. The molecule has 0 heterocycles. The van der Waals surface area contributed by atoms with Crippen LogP contribution in [0.25, 0.3) is 0 Å². The summed E-state index contributed by atoms with van der Waals surface area (Å²) in [7, 11) is 0. The van der Waals surface area contributed by atoms with Gasteiger partial charge >= 0.3 is 0 Å². The molecule has 0 atom stereocenters. The van der Waals surface area contributed by atoms with Gasteiger partial charge in [0.15, 0.2) is 0 Å². The Morgan fingerprint density at radius 1 is 1.10 bits per heavy atom. The van der Waals surface area contributed by atoms with Crippen molar-refractivity contribution in [1.29, 1.82) is 0 Å². The van der Waals surface area contributed by atoms with Crippen LogP contribution in [0.2, 0.25) is 10.0 Å². The van der Waals surface area contributed by atoms with Gasteiger partial charge in [0.2, 0.25) is 0 Å². The zero-order valence-electron chi connectivity index (χ0n) is 11.3. The molecule has 0 aromatic heterocycles. The van der Waals surface area contributed by atoms with Crippen LogP contribution in [0.15, 0.2) is 42.5 Å². The van der Waals surface area contributed by atoms with E-state index in [0.29, 0.717) is 22.9 Å². The molecule has 0 N–H and O–H groups in total. The van der Waals surface area contributed by atoms with Gasteiger partial charge in [-0.05, 0) is 36.6 Å². The highest BCUT2D eigenvalue weighted by atomic mass is 35.5. The third kappa shape index (κ3) is 4.36. The summed E-state index contributed by atoms with van der Waals surface area (Å²) >= 11 is 11.9. The summed E-state index contributed by atoms with van der Waals surface area (Å²) in [5.41, 5.74) is 3.25. The van der Waals surface area contributed by atoms with E-state index in [1.807, 2.05) is 12.1 Å².